The van der Waals surface area contributed by atoms with Crippen molar-refractivity contribution in [1.29, 1.82) is 0 Å². The van der Waals surface area contributed by atoms with Gasteiger partial charge in [-0.25, -0.2) is 4.79 Å². The Labute approximate surface area is 67.3 Å². The van der Waals surface area contributed by atoms with Crippen LogP contribution in [0.4, 0.5) is 4.79 Å². The van der Waals surface area contributed by atoms with E-state index in [1.54, 1.807) is 0 Å². The highest BCUT2D eigenvalue weighted by molar-refractivity contribution is 5.72. The summed E-state index contributed by atoms with van der Waals surface area (Å²) in [5, 5.41) is 2.59. The molecule has 0 aromatic heterocycles. The van der Waals surface area contributed by atoms with E-state index in [4.69, 9.17) is 11.5 Å². The van der Waals surface area contributed by atoms with Crippen LogP contribution in [0.2, 0.25) is 0 Å². The number of urea groups is 1. The van der Waals surface area contributed by atoms with E-state index in [1.165, 1.54) is 0 Å². The van der Waals surface area contributed by atoms with Crippen molar-refractivity contribution in [1.82, 2.24) is 5.32 Å². The fraction of sp³-hybridized carbons (Fsp3) is 0.857. The first-order valence-corrected chi connectivity index (χ1v) is 3.93. The largest absolute Gasteiger partial charge is 0.352 e. The van der Waals surface area contributed by atoms with Crippen molar-refractivity contribution in [2.24, 2.45) is 11.5 Å². The molecule has 0 aliphatic rings. The van der Waals surface area contributed by atoms with Gasteiger partial charge in [0.1, 0.15) is 0 Å². The van der Waals surface area contributed by atoms with Crippen molar-refractivity contribution < 1.29 is 4.79 Å². The van der Waals surface area contributed by atoms with Gasteiger partial charge in [-0.3, -0.25) is 0 Å². The summed E-state index contributed by atoms with van der Waals surface area (Å²) in [5.74, 6) is 0. The van der Waals surface area contributed by atoms with Crippen LogP contribution in [-0.2, 0) is 0 Å². The summed E-state index contributed by atoms with van der Waals surface area (Å²) in [5.41, 5.74) is 10.7. The second kappa shape index (κ2) is 4.96. The highest BCUT2D eigenvalue weighted by Crippen LogP contribution is 1.99. The first kappa shape index (κ1) is 10.2. The van der Waals surface area contributed by atoms with Crippen molar-refractivity contribution in [2.75, 3.05) is 0 Å². The Kier molecular flexibility index (Phi) is 4.61. The molecule has 0 aliphatic heterocycles. The van der Waals surface area contributed by atoms with Crippen LogP contribution < -0.4 is 16.8 Å². The number of primary amides is 1. The van der Waals surface area contributed by atoms with Crippen molar-refractivity contribution >= 4 is 6.03 Å². The molecule has 4 nitrogen and oxygen atoms in total. The smallest absolute Gasteiger partial charge is 0.312 e. The minimum atomic E-state index is -0.499. The molecular formula is C7H17N3O. The van der Waals surface area contributed by atoms with Gasteiger partial charge < -0.3 is 16.8 Å². The second-order valence-corrected chi connectivity index (χ2v) is 2.60. The van der Waals surface area contributed by atoms with Crippen LogP contribution >= 0.6 is 0 Å². The summed E-state index contributed by atoms with van der Waals surface area (Å²) >= 11 is 0. The lowest BCUT2D eigenvalue weighted by atomic mass is 10.0. The Hall–Kier alpha value is -0.770. The van der Waals surface area contributed by atoms with Crippen molar-refractivity contribution in [2.45, 2.75) is 38.8 Å². The molecule has 2 amide bonds. The minimum absolute atomic E-state index is 0.00694. The zero-order valence-corrected chi connectivity index (χ0v) is 7.13. The molecule has 0 aromatic carbocycles. The molecule has 0 aromatic rings. The first-order chi connectivity index (χ1) is 5.11. The van der Waals surface area contributed by atoms with Crippen molar-refractivity contribution in [3.05, 3.63) is 0 Å². The first-order valence-electron chi connectivity index (χ1n) is 3.93. The zero-order chi connectivity index (χ0) is 8.85. The summed E-state index contributed by atoms with van der Waals surface area (Å²) in [4.78, 5) is 10.4. The molecule has 4 heteroatoms. The third-order valence-corrected chi connectivity index (χ3v) is 1.76. The van der Waals surface area contributed by atoms with E-state index in [1.807, 2.05) is 13.8 Å². The molecule has 0 saturated heterocycles. The van der Waals surface area contributed by atoms with Crippen LogP contribution in [0.25, 0.3) is 0 Å². The maximum Gasteiger partial charge on any atom is 0.312 e. The molecule has 5 N–H and O–H groups in total. The van der Waals surface area contributed by atoms with Gasteiger partial charge in [0, 0.05) is 12.1 Å². The van der Waals surface area contributed by atoms with E-state index in [-0.39, 0.29) is 12.1 Å². The van der Waals surface area contributed by atoms with Crippen molar-refractivity contribution in [3.8, 4) is 0 Å². The Morgan fingerprint density at radius 3 is 2.27 bits per heavy atom. The van der Waals surface area contributed by atoms with Gasteiger partial charge in [-0.15, -0.1) is 0 Å². The fourth-order valence-corrected chi connectivity index (χ4v) is 0.979. The van der Waals surface area contributed by atoms with Gasteiger partial charge in [0.05, 0.1) is 0 Å². The molecule has 0 spiro atoms. The van der Waals surface area contributed by atoms with Gasteiger partial charge in [0.2, 0.25) is 0 Å². The van der Waals surface area contributed by atoms with Gasteiger partial charge in [-0.2, -0.15) is 0 Å². The van der Waals surface area contributed by atoms with Crippen LogP contribution in [0.1, 0.15) is 26.7 Å². The molecule has 0 saturated carbocycles. The molecule has 66 valence electrons. The number of hydrogen-bond donors (Lipinski definition) is 3. The van der Waals surface area contributed by atoms with Gasteiger partial charge in [0.15, 0.2) is 0 Å². The van der Waals surface area contributed by atoms with Crippen LogP contribution in [0.15, 0.2) is 0 Å². The monoisotopic (exact) mass is 159 g/mol. The molecule has 0 bridgehead atoms. The van der Waals surface area contributed by atoms with E-state index in [2.05, 4.69) is 5.32 Å². The summed E-state index contributed by atoms with van der Waals surface area (Å²) in [6, 6.07) is -0.481. The summed E-state index contributed by atoms with van der Waals surface area (Å²) in [6.07, 6.45) is 1.66. The highest BCUT2D eigenvalue weighted by Gasteiger charge is 2.14. The van der Waals surface area contributed by atoms with Crippen molar-refractivity contribution in [3.63, 3.8) is 0 Å². The normalized spacial score (nSPS) is 15.5. The van der Waals surface area contributed by atoms with E-state index in [9.17, 15) is 4.79 Å². The third-order valence-electron chi connectivity index (χ3n) is 1.76. The standard InChI is InChI=1S/C7H17N3O/c1-3-5(8)6(4-2)10-7(9)11/h5-6H,3-4,8H2,1-2H3,(H3,9,10,11). The Bertz CT molecular complexity index is 127. The van der Waals surface area contributed by atoms with Gasteiger partial charge in [-0.05, 0) is 12.8 Å². The van der Waals surface area contributed by atoms with Crippen LogP contribution in [0.3, 0.4) is 0 Å². The van der Waals surface area contributed by atoms with E-state index < -0.39 is 6.03 Å². The predicted octanol–water partition coefficient (Wildman–Crippen LogP) is 0.171. The third kappa shape index (κ3) is 3.83. The van der Waals surface area contributed by atoms with Gasteiger partial charge >= 0.3 is 6.03 Å². The van der Waals surface area contributed by atoms with Crippen LogP contribution in [-0.4, -0.2) is 18.1 Å². The lowest BCUT2D eigenvalue weighted by Gasteiger charge is -2.21. The molecule has 0 heterocycles. The molecule has 0 radical (unpaired) electrons. The number of hydrogen-bond acceptors (Lipinski definition) is 2. The SMILES string of the molecule is CCC(N)C(CC)NC(N)=O. The minimum Gasteiger partial charge on any atom is -0.352 e. The topological polar surface area (TPSA) is 81.1 Å². The van der Waals surface area contributed by atoms with E-state index in [0.29, 0.717) is 0 Å². The lowest BCUT2D eigenvalue weighted by molar-refractivity contribution is 0.242. The maximum atomic E-state index is 10.4. The number of rotatable bonds is 4. The zero-order valence-electron chi connectivity index (χ0n) is 7.13. The second-order valence-electron chi connectivity index (χ2n) is 2.60. The molecular weight excluding hydrogens is 142 g/mol. The number of carbonyl (C=O) groups excluding carboxylic acids is 1. The van der Waals surface area contributed by atoms with Gasteiger partial charge in [-0.1, -0.05) is 13.8 Å². The Morgan fingerprint density at radius 1 is 1.45 bits per heavy atom. The predicted molar refractivity (Wildman–Crippen MR) is 45.1 cm³/mol. The van der Waals surface area contributed by atoms with E-state index >= 15 is 0 Å². The molecule has 0 rings (SSSR count). The summed E-state index contributed by atoms with van der Waals surface area (Å²) in [7, 11) is 0. The Balaban J connectivity index is 3.84. The molecule has 11 heavy (non-hydrogen) atoms. The number of carbonyl (C=O) groups is 1. The van der Waals surface area contributed by atoms with E-state index in [0.717, 1.165) is 12.8 Å². The quantitative estimate of drug-likeness (QED) is 0.546. The van der Waals surface area contributed by atoms with Crippen LogP contribution in [0, 0.1) is 0 Å². The fourth-order valence-electron chi connectivity index (χ4n) is 0.979. The molecule has 0 fully saturated rings. The van der Waals surface area contributed by atoms with Crippen LogP contribution in [0.5, 0.6) is 0 Å². The molecule has 2 atom stereocenters. The average Bonchev–Trinajstić information content (AvgIpc) is 1.98. The average molecular weight is 159 g/mol. The number of amides is 2. The molecule has 0 aliphatic carbocycles. The summed E-state index contributed by atoms with van der Waals surface area (Å²) in [6.45, 7) is 3.95. The lowest BCUT2D eigenvalue weighted by Crippen LogP contribution is -2.48. The highest BCUT2D eigenvalue weighted by atomic mass is 16.2. The van der Waals surface area contributed by atoms with Gasteiger partial charge in [0.25, 0.3) is 0 Å². The summed E-state index contributed by atoms with van der Waals surface area (Å²) < 4.78 is 0. The number of nitrogens with one attached hydrogen (secondary N) is 1. The Morgan fingerprint density at radius 2 is 2.00 bits per heavy atom. The maximum absolute atomic E-state index is 10.4. The number of nitrogens with two attached hydrogens (primary N) is 2. The molecule has 2 unspecified atom stereocenters.